The van der Waals surface area contributed by atoms with E-state index in [9.17, 15) is 40.3 Å². The van der Waals surface area contributed by atoms with Gasteiger partial charge in [-0.15, -0.1) is 0 Å². The van der Waals surface area contributed by atoms with Gasteiger partial charge in [0.25, 0.3) is 38.0 Å². The first-order valence-corrected chi connectivity index (χ1v) is 17.7. The molecule has 50 heavy (non-hydrogen) atoms. The lowest BCUT2D eigenvalue weighted by atomic mass is 10.0. The molecule has 0 atom stereocenters. The van der Waals surface area contributed by atoms with E-state index in [1.54, 1.807) is 60.7 Å². The number of hydrogen-bond acceptors (Lipinski definition) is 7. The highest BCUT2D eigenvalue weighted by atomic mass is 32.2. The van der Waals surface area contributed by atoms with E-state index in [1.165, 1.54) is 54.6 Å². The van der Waals surface area contributed by atoms with Crippen molar-refractivity contribution in [2.75, 3.05) is 16.0 Å². The van der Waals surface area contributed by atoms with Crippen molar-refractivity contribution < 1.29 is 40.3 Å². The summed E-state index contributed by atoms with van der Waals surface area (Å²) in [4.78, 5) is 39.9. The maximum absolute atomic E-state index is 13.7. The zero-order valence-electron chi connectivity index (χ0n) is 26.0. The minimum Gasteiger partial charge on any atom is -0.322 e. The van der Waals surface area contributed by atoms with E-state index in [-0.39, 0.29) is 26.6 Å². The van der Waals surface area contributed by atoms with Crippen molar-refractivity contribution in [1.82, 2.24) is 0 Å². The Morgan fingerprint density at radius 2 is 0.940 bits per heavy atom. The highest BCUT2D eigenvalue weighted by molar-refractivity contribution is 7.86. The predicted octanol–water partition coefficient (Wildman–Crippen LogP) is 6.55. The second kappa shape index (κ2) is 13.2. The van der Waals surface area contributed by atoms with Crippen LogP contribution in [0, 0.1) is 6.92 Å². The van der Waals surface area contributed by atoms with Crippen molar-refractivity contribution >= 4 is 76.6 Å². The Labute approximate surface area is 286 Å². The Morgan fingerprint density at radius 1 is 0.500 bits per heavy atom. The average Bonchev–Trinajstić information content (AvgIpc) is 3.07. The van der Waals surface area contributed by atoms with Crippen LogP contribution in [0.1, 0.15) is 36.6 Å². The Bertz CT molecular complexity index is 2440. The van der Waals surface area contributed by atoms with Crippen molar-refractivity contribution in [3.63, 3.8) is 0 Å². The molecule has 0 radical (unpaired) electrons. The van der Waals surface area contributed by atoms with Gasteiger partial charge >= 0.3 is 0 Å². The summed E-state index contributed by atoms with van der Waals surface area (Å²) in [5.74, 6) is -1.79. The van der Waals surface area contributed by atoms with Crippen LogP contribution in [0.3, 0.4) is 0 Å². The van der Waals surface area contributed by atoms with Crippen molar-refractivity contribution in [2.24, 2.45) is 0 Å². The zero-order chi connectivity index (χ0) is 35.8. The maximum atomic E-state index is 13.7. The lowest BCUT2D eigenvalue weighted by Gasteiger charge is -2.14. The van der Waals surface area contributed by atoms with Crippen molar-refractivity contribution in [1.29, 1.82) is 0 Å². The molecule has 12 nitrogen and oxygen atoms in total. The van der Waals surface area contributed by atoms with Crippen LogP contribution in [0.5, 0.6) is 0 Å². The minimum atomic E-state index is -4.46. The fourth-order valence-corrected chi connectivity index (χ4v) is 6.35. The van der Waals surface area contributed by atoms with Crippen LogP contribution in [0.2, 0.25) is 0 Å². The van der Waals surface area contributed by atoms with E-state index < -0.39 is 38.0 Å². The van der Waals surface area contributed by atoms with E-state index >= 15 is 0 Å². The first-order chi connectivity index (χ1) is 23.7. The van der Waals surface area contributed by atoms with E-state index in [2.05, 4.69) is 16.0 Å². The monoisotopic (exact) mass is 709 g/mol. The molecule has 6 rings (SSSR count). The van der Waals surface area contributed by atoms with Gasteiger partial charge in [0.15, 0.2) is 0 Å². The third-order valence-corrected chi connectivity index (χ3v) is 9.52. The first kappa shape index (κ1) is 34.0. The molecule has 0 heterocycles. The van der Waals surface area contributed by atoms with Gasteiger partial charge in [0.05, 0.1) is 9.79 Å². The van der Waals surface area contributed by atoms with Gasteiger partial charge in [0, 0.05) is 44.5 Å². The van der Waals surface area contributed by atoms with E-state index in [1.807, 2.05) is 6.92 Å². The van der Waals surface area contributed by atoms with E-state index in [4.69, 9.17) is 0 Å². The molecule has 6 aromatic carbocycles. The van der Waals surface area contributed by atoms with Crippen LogP contribution >= 0.6 is 0 Å². The van der Waals surface area contributed by atoms with Crippen LogP contribution in [-0.4, -0.2) is 43.7 Å². The summed E-state index contributed by atoms with van der Waals surface area (Å²) in [7, 11) is -8.92. The Balaban J connectivity index is 1.36. The molecule has 0 bridgehead atoms. The molecule has 6 aromatic rings. The lowest BCUT2D eigenvalue weighted by molar-refractivity contribution is 0.101. The molecule has 0 aromatic heterocycles. The second-order valence-electron chi connectivity index (χ2n) is 11.4. The van der Waals surface area contributed by atoms with E-state index in [0.29, 0.717) is 38.5 Å². The summed E-state index contributed by atoms with van der Waals surface area (Å²) in [6, 6.07) is 28.3. The fourth-order valence-electron chi connectivity index (χ4n) is 5.32. The molecule has 0 aliphatic heterocycles. The van der Waals surface area contributed by atoms with Crippen LogP contribution in [-0.2, 0) is 20.2 Å². The SMILES string of the molecule is Cc1ccc(C(=O)Nc2cc(C(=O)Nc3cccc4cc(S(=O)(=O)O)ccc34)cc(C(=O)Nc3cccc4cc(S(=O)(=O)O)ccc34)c2)cc1. The van der Waals surface area contributed by atoms with Crippen LogP contribution < -0.4 is 16.0 Å². The van der Waals surface area contributed by atoms with Gasteiger partial charge in [-0.25, -0.2) is 0 Å². The molecule has 0 saturated carbocycles. The number of hydrogen-bond donors (Lipinski definition) is 5. The molecule has 0 aliphatic carbocycles. The van der Waals surface area contributed by atoms with Crippen LogP contribution in [0.25, 0.3) is 21.5 Å². The molecule has 14 heteroatoms. The summed E-state index contributed by atoms with van der Waals surface area (Å²) in [6.07, 6.45) is 0. The van der Waals surface area contributed by atoms with Crippen molar-refractivity contribution in [3.05, 3.63) is 138 Å². The van der Waals surface area contributed by atoms with Gasteiger partial charge in [-0.3, -0.25) is 23.5 Å². The fraction of sp³-hybridized carbons (Fsp3) is 0.0278. The number of aryl methyl sites for hydroxylation is 1. The molecule has 0 unspecified atom stereocenters. The number of anilines is 3. The highest BCUT2D eigenvalue weighted by Gasteiger charge is 2.19. The first-order valence-electron chi connectivity index (χ1n) is 14.8. The van der Waals surface area contributed by atoms with Gasteiger partial charge in [0.1, 0.15) is 0 Å². The third-order valence-electron chi connectivity index (χ3n) is 7.82. The largest absolute Gasteiger partial charge is 0.322 e. The van der Waals surface area contributed by atoms with E-state index in [0.717, 1.165) is 5.56 Å². The molecule has 3 amide bonds. The molecule has 252 valence electrons. The van der Waals surface area contributed by atoms with Crippen LogP contribution in [0.15, 0.2) is 125 Å². The summed E-state index contributed by atoms with van der Waals surface area (Å²) < 4.78 is 65.5. The smallest absolute Gasteiger partial charge is 0.294 e. The maximum Gasteiger partial charge on any atom is 0.294 e. The molecule has 0 spiro atoms. The second-order valence-corrected chi connectivity index (χ2v) is 14.2. The summed E-state index contributed by atoms with van der Waals surface area (Å²) in [5, 5.41) is 10.1. The molecular weight excluding hydrogens is 683 g/mol. The lowest BCUT2D eigenvalue weighted by Crippen LogP contribution is -2.18. The summed E-state index contributed by atoms with van der Waals surface area (Å²) in [6.45, 7) is 1.88. The number of carbonyl (C=O) groups is 3. The van der Waals surface area contributed by atoms with Gasteiger partial charge in [-0.1, -0.05) is 54.1 Å². The topological polar surface area (TPSA) is 196 Å². The number of amides is 3. The Kier molecular flexibility index (Phi) is 8.95. The van der Waals surface area contributed by atoms with Crippen molar-refractivity contribution in [3.8, 4) is 0 Å². The normalized spacial score (nSPS) is 11.7. The highest BCUT2D eigenvalue weighted by Crippen LogP contribution is 2.29. The number of rotatable bonds is 8. The number of carbonyl (C=O) groups excluding carboxylic acids is 3. The molecule has 5 N–H and O–H groups in total. The Hall–Kier alpha value is -5.93. The summed E-state index contributed by atoms with van der Waals surface area (Å²) >= 11 is 0. The van der Waals surface area contributed by atoms with Gasteiger partial charge < -0.3 is 16.0 Å². The van der Waals surface area contributed by atoms with Gasteiger partial charge in [-0.05, 0) is 84.4 Å². The number of fused-ring (bicyclic) bond motifs is 2. The molecule has 0 fully saturated rings. The van der Waals surface area contributed by atoms with Crippen molar-refractivity contribution in [2.45, 2.75) is 16.7 Å². The average molecular weight is 710 g/mol. The molecular formula is C36H27N3O9S2. The standard InChI is InChI=1S/C36H27N3O9S2/c1-21-8-10-22(11-9-21)34(40)37-27-17-25(35(41)38-32-6-2-4-23-19-28(49(43,44)45)12-14-30(23)32)16-26(18-27)36(42)39-33-7-3-5-24-20-29(50(46,47)48)13-15-31(24)33/h2-20H,1H3,(H,37,40)(H,38,41)(H,39,42)(H,43,44,45)(H,46,47,48). The number of nitrogens with one attached hydrogen (secondary N) is 3. The zero-order valence-corrected chi connectivity index (χ0v) is 27.7. The van der Waals surface area contributed by atoms with Gasteiger partial charge in [-0.2, -0.15) is 16.8 Å². The van der Waals surface area contributed by atoms with Crippen LogP contribution in [0.4, 0.5) is 17.1 Å². The number of benzene rings is 6. The Morgan fingerprint density at radius 3 is 1.38 bits per heavy atom. The predicted molar refractivity (Wildman–Crippen MR) is 189 cm³/mol. The molecule has 0 saturated heterocycles. The minimum absolute atomic E-state index is 0.000806. The molecule has 0 aliphatic rings. The van der Waals surface area contributed by atoms with Gasteiger partial charge in [0.2, 0.25) is 0 Å². The summed E-state index contributed by atoms with van der Waals surface area (Å²) in [5.41, 5.74) is 2.06. The quantitative estimate of drug-likeness (QED) is 0.109. The third kappa shape index (κ3) is 7.38.